The number of ether oxygens (including phenoxy) is 2. The third-order valence-electron chi connectivity index (χ3n) is 6.21. The second-order valence-corrected chi connectivity index (χ2v) is 8.36. The molecule has 0 spiro atoms. The van der Waals surface area contributed by atoms with Crippen LogP contribution in [0.2, 0.25) is 0 Å². The first kappa shape index (κ1) is 24.2. The van der Waals surface area contributed by atoms with E-state index in [1.165, 1.54) is 25.1 Å². The van der Waals surface area contributed by atoms with Gasteiger partial charge in [0.1, 0.15) is 12.2 Å². The van der Waals surface area contributed by atoms with Crippen molar-refractivity contribution in [3.8, 4) is 23.3 Å². The molecule has 35 heavy (non-hydrogen) atoms. The summed E-state index contributed by atoms with van der Waals surface area (Å²) in [5.74, 6) is -0.546. The van der Waals surface area contributed by atoms with Crippen LogP contribution < -0.4 is 15.0 Å². The minimum absolute atomic E-state index is 0.0906. The molecule has 0 radical (unpaired) electrons. The second-order valence-electron chi connectivity index (χ2n) is 8.36. The molecular weight excluding hydrogens is 450 g/mol. The molecule has 1 amide bonds. The summed E-state index contributed by atoms with van der Waals surface area (Å²) in [6.07, 6.45) is 3.95. The van der Waals surface area contributed by atoms with Gasteiger partial charge >= 0.3 is 0 Å². The Hall–Kier alpha value is -3.95. The van der Waals surface area contributed by atoms with E-state index >= 15 is 0 Å². The van der Waals surface area contributed by atoms with Crippen LogP contribution >= 0.6 is 0 Å². The van der Waals surface area contributed by atoms with Crippen LogP contribution in [-0.2, 0) is 6.42 Å². The fraction of sp³-hybridized carbons (Fsp3) is 0.400. The summed E-state index contributed by atoms with van der Waals surface area (Å²) in [6, 6.07) is 9.93. The van der Waals surface area contributed by atoms with E-state index in [2.05, 4.69) is 15.0 Å². The molecule has 0 aliphatic carbocycles. The summed E-state index contributed by atoms with van der Waals surface area (Å²) in [6.45, 7) is 2.92. The largest absolute Gasteiger partial charge is 0.493 e. The molecule has 0 saturated carbocycles. The summed E-state index contributed by atoms with van der Waals surface area (Å²) < 4.78 is 12.0. The third-order valence-corrected chi connectivity index (χ3v) is 6.21. The second kappa shape index (κ2) is 10.5. The average molecular weight is 480 g/mol. The first-order valence-corrected chi connectivity index (χ1v) is 11.6. The minimum Gasteiger partial charge on any atom is -0.493 e. The molecule has 1 atom stereocenters. The number of nitrogens with zero attached hydrogens (tertiary/aromatic N) is 5. The van der Waals surface area contributed by atoms with Crippen LogP contribution in [0, 0.1) is 0 Å². The van der Waals surface area contributed by atoms with Crippen molar-refractivity contribution in [2.45, 2.75) is 38.5 Å². The number of carbonyl (C=O) groups excluding carboxylic acids is 1. The molecule has 0 bridgehead atoms. The smallest absolute Gasteiger partial charge is 0.275 e. The van der Waals surface area contributed by atoms with Gasteiger partial charge in [0.05, 0.1) is 14.2 Å². The fourth-order valence-electron chi connectivity index (χ4n) is 4.41. The summed E-state index contributed by atoms with van der Waals surface area (Å²) in [5, 5.41) is 10.7. The van der Waals surface area contributed by atoms with Crippen molar-refractivity contribution in [2.75, 3.05) is 27.3 Å². The van der Waals surface area contributed by atoms with E-state index in [4.69, 9.17) is 9.47 Å². The molecule has 3 aromatic rings. The number of likely N-dealkylation sites (tertiary alicyclic amines) is 1. The Balaban J connectivity index is 1.80. The van der Waals surface area contributed by atoms with Crippen molar-refractivity contribution in [2.24, 2.45) is 0 Å². The summed E-state index contributed by atoms with van der Waals surface area (Å²) in [5.41, 5.74) is 0.155. The number of unbranched alkanes of at least 4 members (excludes halogenated alkanes) is 1. The predicted octanol–water partition coefficient (Wildman–Crippen LogP) is 2.72. The highest BCUT2D eigenvalue weighted by Gasteiger charge is 2.33. The van der Waals surface area contributed by atoms with Gasteiger partial charge in [-0.25, -0.2) is 0 Å². The lowest BCUT2D eigenvalue weighted by molar-refractivity contribution is 0.0784. The molecule has 1 aromatic carbocycles. The lowest BCUT2D eigenvalue weighted by atomic mass is 9.99. The van der Waals surface area contributed by atoms with Crippen LogP contribution in [0.4, 0.5) is 0 Å². The maximum atomic E-state index is 13.8. The number of aryl methyl sites for hydroxylation is 1. The zero-order chi connectivity index (χ0) is 24.9. The van der Waals surface area contributed by atoms with Crippen molar-refractivity contribution in [1.29, 1.82) is 0 Å². The quantitative estimate of drug-likeness (QED) is 0.524. The SMILES string of the molecule is CCCCc1nc(O)c(C(=O)N2CC[C@@H](c3ccccc3)C2)c(=O)n1-c1c(OC)ncnc1OC. The maximum Gasteiger partial charge on any atom is 0.275 e. The number of benzene rings is 1. The normalized spacial score (nSPS) is 15.3. The molecule has 1 fully saturated rings. The summed E-state index contributed by atoms with van der Waals surface area (Å²) in [4.78, 5) is 41.4. The van der Waals surface area contributed by atoms with Gasteiger partial charge in [-0.1, -0.05) is 43.7 Å². The van der Waals surface area contributed by atoms with Gasteiger partial charge in [0.2, 0.25) is 17.6 Å². The van der Waals surface area contributed by atoms with E-state index in [1.807, 2.05) is 37.3 Å². The highest BCUT2D eigenvalue weighted by atomic mass is 16.5. The van der Waals surface area contributed by atoms with E-state index in [-0.39, 0.29) is 29.2 Å². The first-order chi connectivity index (χ1) is 17.0. The molecule has 1 N–H and O–H groups in total. The monoisotopic (exact) mass is 479 g/mol. The van der Waals surface area contributed by atoms with E-state index in [0.717, 1.165) is 18.4 Å². The van der Waals surface area contributed by atoms with E-state index in [1.54, 1.807) is 4.90 Å². The van der Waals surface area contributed by atoms with Crippen molar-refractivity contribution >= 4 is 5.91 Å². The summed E-state index contributed by atoms with van der Waals surface area (Å²) in [7, 11) is 2.83. The van der Waals surface area contributed by atoms with E-state index < -0.39 is 22.9 Å². The van der Waals surface area contributed by atoms with Crippen LogP contribution in [0.1, 0.15) is 53.8 Å². The lowest BCUT2D eigenvalue weighted by Gasteiger charge is -2.20. The van der Waals surface area contributed by atoms with Crippen molar-refractivity contribution in [3.63, 3.8) is 0 Å². The fourth-order valence-corrected chi connectivity index (χ4v) is 4.41. The summed E-state index contributed by atoms with van der Waals surface area (Å²) >= 11 is 0. The number of aromatic nitrogens is 4. The third kappa shape index (κ3) is 4.68. The van der Waals surface area contributed by atoms with Gasteiger partial charge in [-0.2, -0.15) is 15.0 Å². The highest BCUT2D eigenvalue weighted by Crippen LogP contribution is 2.31. The lowest BCUT2D eigenvalue weighted by Crippen LogP contribution is -2.37. The molecule has 184 valence electrons. The van der Waals surface area contributed by atoms with Crippen LogP contribution in [0.3, 0.4) is 0 Å². The molecule has 10 heteroatoms. The van der Waals surface area contributed by atoms with Crippen molar-refractivity contribution in [3.05, 3.63) is 64.0 Å². The zero-order valence-electron chi connectivity index (χ0n) is 20.1. The topological polar surface area (TPSA) is 120 Å². The Kier molecular flexibility index (Phi) is 7.28. The van der Waals surface area contributed by atoms with Crippen LogP contribution in [0.5, 0.6) is 17.6 Å². The number of rotatable bonds is 8. The van der Waals surface area contributed by atoms with Crippen LogP contribution in [-0.4, -0.2) is 62.7 Å². The zero-order valence-corrected chi connectivity index (χ0v) is 20.1. The van der Waals surface area contributed by atoms with Crippen LogP contribution in [0.15, 0.2) is 41.5 Å². The Morgan fingerprint density at radius 3 is 2.46 bits per heavy atom. The van der Waals surface area contributed by atoms with Gasteiger partial charge in [-0.15, -0.1) is 0 Å². The number of methoxy groups -OCH3 is 2. The standard InChI is InChI=1S/C25H29N5O5/c1-4-5-11-18-28-21(31)19(24(32)29-13-12-17(14-29)16-9-7-6-8-10-16)25(33)30(18)20-22(34-2)26-15-27-23(20)35-3/h6-10,15,17,31H,4-5,11-14H2,1-3H3/t17-/m1/s1. The molecule has 1 saturated heterocycles. The molecule has 2 aromatic heterocycles. The number of amides is 1. The molecule has 3 heterocycles. The van der Waals surface area contributed by atoms with E-state index in [9.17, 15) is 14.7 Å². The predicted molar refractivity (Wildman–Crippen MR) is 129 cm³/mol. The van der Waals surface area contributed by atoms with Gasteiger partial charge < -0.3 is 19.5 Å². The van der Waals surface area contributed by atoms with Crippen molar-refractivity contribution in [1.82, 2.24) is 24.4 Å². The van der Waals surface area contributed by atoms with Crippen molar-refractivity contribution < 1.29 is 19.4 Å². The van der Waals surface area contributed by atoms with Gasteiger partial charge in [0.25, 0.3) is 11.5 Å². The number of hydrogen-bond donors (Lipinski definition) is 1. The Labute approximate surface area is 203 Å². The Bertz CT molecular complexity index is 1240. The first-order valence-electron chi connectivity index (χ1n) is 11.6. The molecule has 0 unspecified atom stereocenters. The molecule has 10 nitrogen and oxygen atoms in total. The maximum absolute atomic E-state index is 13.8. The Morgan fingerprint density at radius 2 is 1.83 bits per heavy atom. The number of carbonyl (C=O) groups is 1. The number of aromatic hydroxyl groups is 1. The molecule has 1 aliphatic heterocycles. The Morgan fingerprint density at radius 1 is 1.14 bits per heavy atom. The minimum atomic E-state index is -0.719. The average Bonchev–Trinajstić information content (AvgIpc) is 3.38. The van der Waals surface area contributed by atoms with Crippen LogP contribution in [0.25, 0.3) is 5.69 Å². The molecule has 1 aliphatic rings. The van der Waals surface area contributed by atoms with Gasteiger partial charge in [0, 0.05) is 25.4 Å². The van der Waals surface area contributed by atoms with E-state index in [0.29, 0.717) is 25.9 Å². The highest BCUT2D eigenvalue weighted by molar-refractivity contribution is 5.96. The molecular formula is C25H29N5O5. The molecule has 4 rings (SSSR count). The van der Waals surface area contributed by atoms with Gasteiger partial charge in [-0.3, -0.25) is 14.2 Å². The van der Waals surface area contributed by atoms with Gasteiger partial charge in [-0.05, 0) is 18.4 Å². The van der Waals surface area contributed by atoms with Gasteiger partial charge in [0.15, 0.2) is 11.3 Å². The number of hydrogen-bond acceptors (Lipinski definition) is 8.